The maximum Gasteiger partial charge on any atom is 0.230 e. The van der Waals surface area contributed by atoms with Gasteiger partial charge in [-0.05, 0) is 36.8 Å². The molecule has 0 atom stereocenters. The van der Waals surface area contributed by atoms with Gasteiger partial charge in [0.1, 0.15) is 18.1 Å². The fourth-order valence-electron chi connectivity index (χ4n) is 3.79. The van der Waals surface area contributed by atoms with Crippen molar-refractivity contribution in [3.8, 4) is 11.5 Å². The molecule has 0 bridgehead atoms. The van der Waals surface area contributed by atoms with Gasteiger partial charge in [0, 0.05) is 39.1 Å². The first-order chi connectivity index (χ1) is 16.5. The normalized spacial score (nSPS) is 10.6. The Morgan fingerprint density at radius 1 is 0.800 bits per heavy atom. The van der Waals surface area contributed by atoms with Gasteiger partial charge in [-0.2, -0.15) is 0 Å². The summed E-state index contributed by atoms with van der Waals surface area (Å²) in [6, 6.07) is 12.1. The van der Waals surface area contributed by atoms with E-state index in [0.717, 1.165) is 15.4 Å². The number of amides is 4. The molecule has 0 aliphatic rings. The molecule has 0 radical (unpaired) electrons. The van der Waals surface area contributed by atoms with Crippen molar-refractivity contribution in [3.05, 3.63) is 53.7 Å². The second kappa shape index (κ2) is 10.3. The van der Waals surface area contributed by atoms with Gasteiger partial charge < -0.3 is 9.47 Å². The SMILES string of the molecule is COc1cc(N(C(C)=O)C(C)=O)c2nc(COc3cc(C)ccc3N(C(C)=O)C(C)=O)ccc2c1. The summed E-state index contributed by atoms with van der Waals surface area (Å²) >= 11 is 0. The highest BCUT2D eigenvalue weighted by molar-refractivity contribution is 6.17. The molecule has 1 aromatic heterocycles. The number of aryl methyl sites for hydroxylation is 1. The predicted molar refractivity (Wildman–Crippen MR) is 131 cm³/mol. The highest BCUT2D eigenvalue weighted by atomic mass is 16.5. The van der Waals surface area contributed by atoms with Crippen molar-refractivity contribution in [2.75, 3.05) is 16.9 Å². The summed E-state index contributed by atoms with van der Waals surface area (Å²) in [6.45, 7) is 7.10. The highest BCUT2D eigenvalue weighted by Gasteiger charge is 2.23. The molecule has 0 spiro atoms. The van der Waals surface area contributed by atoms with Crippen molar-refractivity contribution in [2.45, 2.75) is 41.2 Å². The molecule has 0 fully saturated rings. The maximum absolute atomic E-state index is 12.2. The van der Waals surface area contributed by atoms with Crippen LogP contribution in [-0.2, 0) is 25.8 Å². The van der Waals surface area contributed by atoms with Crippen LogP contribution >= 0.6 is 0 Å². The van der Waals surface area contributed by atoms with Crippen molar-refractivity contribution in [2.24, 2.45) is 0 Å². The Bertz CT molecular complexity index is 1310. The Hall–Kier alpha value is -4.27. The molecule has 0 unspecified atom stereocenters. The van der Waals surface area contributed by atoms with Crippen molar-refractivity contribution < 1.29 is 28.7 Å². The molecule has 3 aromatic rings. The molecular formula is C26H27N3O6. The molecule has 2 aromatic carbocycles. The third-order valence-corrected chi connectivity index (χ3v) is 5.27. The lowest BCUT2D eigenvalue weighted by atomic mass is 10.1. The van der Waals surface area contributed by atoms with Crippen LogP contribution < -0.4 is 19.3 Å². The number of hydrogen-bond donors (Lipinski definition) is 0. The molecule has 4 amide bonds. The van der Waals surface area contributed by atoms with E-state index in [0.29, 0.717) is 39.5 Å². The van der Waals surface area contributed by atoms with Crippen LogP contribution in [0.1, 0.15) is 39.0 Å². The zero-order valence-corrected chi connectivity index (χ0v) is 20.5. The molecule has 0 saturated carbocycles. The van der Waals surface area contributed by atoms with Crippen molar-refractivity contribution in [1.29, 1.82) is 0 Å². The maximum atomic E-state index is 12.2. The number of aromatic nitrogens is 1. The van der Waals surface area contributed by atoms with E-state index in [4.69, 9.17) is 9.47 Å². The Balaban J connectivity index is 2.04. The highest BCUT2D eigenvalue weighted by Crippen LogP contribution is 2.33. The van der Waals surface area contributed by atoms with Gasteiger partial charge in [0.25, 0.3) is 0 Å². The second-order valence-electron chi connectivity index (χ2n) is 8.03. The summed E-state index contributed by atoms with van der Waals surface area (Å²) in [5, 5.41) is 0.672. The topological polar surface area (TPSA) is 106 Å². The molecule has 1 heterocycles. The third-order valence-electron chi connectivity index (χ3n) is 5.27. The van der Waals surface area contributed by atoms with Crippen LogP contribution in [-0.4, -0.2) is 35.7 Å². The van der Waals surface area contributed by atoms with Gasteiger partial charge in [-0.3, -0.25) is 19.2 Å². The predicted octanol–water partition coefficient (Wildman–Crippen LogP) is 3.93. The number of methoxy groups -OCH3 is 1. The first-order valence-electron chi connectivity index (χ1n) is 10.9. The summed E-state index contributed by atoms with van der Waals surface area (Å²) in [5.74, 6) is -0.934. The largest absolute Gasteiger partial charge is 0.497 e. The Morgan fingerprint density at radius 2 is 1.40 bits per heavy atom. The Kier molecular flexibility index (Phi) is 7.49. The second-order valence-corrected chi connectivity index (χ2v) is 8.03. The van der Waals surface area contributed by atoms with Crippen molar-refractivity contribution in [1.82, 2.24) is 4.98 Å². The number of anilines is 2. The van der Waals surface area contributed by atoms with Crippen LogP contribution in [0.3, 0.4) is 0 Å². The van der Waals surface area contributed by atoms with Crippen LogP contribution in [0, 0.1) is 6.92 Å². The third kappa shape index (κ3) is 5.46. The van der Waals surface area contributed by atoms with E-state index in [1.54, 1.807) is 42.5 Å². The molecule has 9 heteroatoms. The smallest absolute Gasteiger partial charge is 0.230 e. The van der Waals surface area contributed by atoms with Crippen LogP contribution in [0.15, 0.2) is 42.5 Å². The average molecular weight is 478 g/mol. The molecule has 182 valence electrons. The lowest BCUT2D eigenvalue weighted by molar-refractivity contribution is -0.125. The van der Waals surface area contributed by atoms with Gasteiger partial charge in [-0.1, -0.05) is 12.1 Å². The average Bonchev–Trinajstić information content (AvgIpc) is 2.78. The van der Waals surface area contributed by atoms with E-state index in [-0.39, 0.29) is 6.61 Å². The fraction of sp³-hybridized carbons (Fsp3) is 0.269. The molecular weight excluding hydrogens is 450 g/mol. The van der Waals surface area contributed by atoms with E-state index >= 15 is 0 Å². The summed E-state index contributed by atoms with van der Waals surface area (Å²) in [6.07, 6.45) is 0. The zero-order chi connectivity index (χ0) is 25.9. The molecule has 0 aliphatic carbocycles. The number of nitrogens with zero attached hydrogens (tertiary/aromatic N) is 3. The van der Waals surface area contributed by atoms with Gasteiger partial charge in [-0.15, -0.1) is 0 Å². The number of fused-ring (bicyclic) bond motifs is 1. The molecule has 0 N–H and O–H groups in total. The van der Waals surface area contributed by atoms with Gasteiger partial charge in [0.05, 0.1) is 29.7 Å². The first-order valence-corrected chi connectivity index (χ1v) is 10.9. The van der Waals surface area contributed by atoms with E-state index in [1.807, 2.05) is 6.92 Å². The van der Waals surface area contributed by atoms with E-state index in [2.05, 4.69) is 4.98 Å². The van der Waals surface area contributed by atoms with Crippen molar-refractivity contribution >= 4 is 45.9 Å². The monoisotopic (exact) mass is 477 g/mol. The standard InChI is InChI=1S/C26H27N3O6/c1-15-7-10-23(28(16(2)30)17(3)31)25(11-15)35-14-21-9-8-20-12-22(34-6)13-24(26(20)27-21)29(18(4)32)19(5)33/h7-13H,14H2,1-6H3. The summed E-state index contributed by atoms with van der Waals surface area (Å²) < 4.78 is 11.3. The minimum Gasteiger partial charge on any atom is -0.497 e. The number of pyridine rings is 1. The summed E-state index contributed by atoms with van der Waals surface area (Å²) in [7, 11) is 1.50. The minimum atomic E-state index is -0.450. The Labute approximate surface area is 203 Å². The van der Waals surface area contributed by atoms with E-state index in [9.17, 15) is 19.2 Å². The molecule has 9 nitrogen and oxygen atoms in total. The number of carbonyl (C=O) groups excluding carboxylic acids is 4. The number of hydrogen-bond acceptors (Lipinski definition) is 7. The van der Waals surface area contributed by atoms with Crippen LogP contribution in [0.5, 0.6) is 11.5 Å². The number of rotatable bonds is 6. The molecule has 0 aliphatic heterocycles. The lowest BCUT2D eigenvalue weighted by Gasteiger charge is -2.22. The van der Waals surface area contributed by atoms with Crippen LogP contribution in [0.2, 0.25) is 0 Å². The van der Waals surface area contributed by atoms with Crippen molar-refractivity contribution in [3.63, 3.8) is 0 Å². The number of benzene rings is 2. The lowest BCUT2D eigenvalue weighted by Crippen LogP contribution is -2.33. The quantitative estimate of drug-likeness (QED) is 0.530. The molecule has 35 heavy (non-hydrogen) atoms. The van der Waals surface area contributed by atoms with E-state index in [1.165, 1.54) is 34.8 Å². The van der Waals surface area contributed by atoms with Gasteiger partial charge in [0.2, 0.25) is 23.6 Å². The fourth-order valence-corrected chi connectivity index (χ4v) is 3.79. The molecule has 0 saturated heterocycles. The Morgan fingerprint density at radius 3 is 1.97 bits per heavy atom. The minimum absolute atomic E-state index is 0.0155. The summed E-state index contributed by atoms with van der Waals surface area (Å²) in [5.41, 5.74) is 2.46. The van der Waals surface area contributed by atoms with Crippen LogP contribution in [0.25, 0.3) is 10.9 Å². The number of ether oxygens (including phenoxy) is 2. The molecule has 3 rings (SSSR count). The number of carbonyl (C=O) groups is 4. The zero-order valence-electron chi connectivity index (χ0n) is 20.5. The first kappa shape index (κ1) is 25.4. The van der Waals surface area contributed by atoms with Gasteiger partial charge in [-0.25, -0.2) is 14.8 Å². The summed E-state index contributed by atoms with van der Waals surface area (Å²) in [4.78, 5) is 55.3. The van der Waals surface area contributed by atoms with Crippen LogP contribution in [0.4, 0.5) is 11.4 Å². The van der Waals surface area contributed by atoms with Gasteiger partial charge in [0.15, 0.2) is 0 Å². The van der Waals surface area contributed by atoms with E-state index < -0.39 is 23.6 Å². The number of imide groups is 2. The van der Waals surface area contributed by atoms with Gasteiger partial charge >= 0.3 is 0 Å².